The number of rotatable bonds is 13. The lowest BCUT2D eigenvalue weighted by atomic mass is 10.2. The summed E-state index contributed by atoms with van der Waals surface area (Å²) in [7, 11) is 3.67. The van der Waals surface area contributed by atoms with Crippen LogP contribution in [0.1, 0.15) is 25.0 Å². The molecule has 2 aromatic rings. The first-order valence-corrected chi connectivity index (χ1v) is 11.4. The summed E-state index contributed by atoms with van der Waals surface area (Å²) in [6, 6.07) is 15.0. The lowest BCUT2D eigenvalue weighted by Gasteiger charge is -2.15. The van der Waals surface area contributed by atoms with Gasteiger partial charge in [0, 0.05) is 38.3 Å². The first-order chi connectivity index (χ1) is 17.1. The molecule has 190 valence electrons. The van der Waals surface area contributed by atoms with Crippen LogP contribution in [-0.2, 0) is 22.7 Å². The fraction of sp³-hybridized carbons (Fsp3) is 0.308. The maximum atomic E-state index is 11.6. The van der Waals surface area contributed by atoms with Gasteiger partial charge in [-0.05, 0) is 49.2 Å². The molecule has 0 radical (unpaired) electrons. The SMILES string of the molecule is C=C(C)C(=O)NCc1ccc(N=NN(C)CCN(C)N=Nc2ccc(CNC(=O)C(=C)C)cc2)cc1. The second-order valence-electron chi connectivity index (χ2n) is 8.40. The van der Waals surface area contributed by atoms with Gasteiger partial charge in [0.15, 0.2) is 0 Å². The first-order valence-electron chi connectivity index (χ1n) is 11.4. The normalized spacial score (nSPS) is 10.9. The van der Waals surface area contributed by atoms with Crippen molar-refractivity contribution in [2.75, 3.05) is 27.2 Å². The topological polar surface area (TPSA) is 114 Å². The molecule has 0 atom stereocenters. The van der Waals surface area contributed by atoms with Crippen molar-refractivity contribution in [1.29, 1.82) is 0 Å². The number of carbonyl (C=O) groups is 2. The van der Waals surface area contributed by atoms with Crippen LogP contribution in [0.5, 0.6) is 0 Å². The van der Waals surface area contributed by atoms with Crippen molar-refractivity contribution in [3.63, 3.8) is 0 Å². The van der Waals surface area contributed by atoms with Crippen molar-refractivity contribution >= 4 is 23.2 Å². The van der Waals surface area contributed by atoms with Crippen molar-refractivity contribution < 1.29 is 9.59 Å². The highest BCUT2D eigenvalue weighted by Gasteiger charge is 2.03. The molecule has 10 nitrogen and oxygen atoms in total. The van der Waals surface area contributed by atoms with Crippen LogP contribution in [-0.4, -0.2) is 49.0 Å². The summed E-state index contributed by atoms with van der Waals surface area (Å²) in [5.74, 6) is -0.326. The summed E-state index contributed by atoms with van der Waals surface area (Å²) in [5.41, 5.74) is 4.32. The molecular formula is C26H34N8O2. The molecule has 0 fully saturated rings. The van der Waals surface area contributed by atoms with Crippen LogP contribution in [0.2, 0.25) is 0 Å². The summed E-state index contributed by atoms with van der Waals surface area (Å²) in [4.78, 5) is 23.1. The van der Waals surface area contributed by atoms with Crippen molar-refractivity contribution in [2.24, 2.45) is 20.7 Å². The molecule has 2 rings (SSSR count). The van der Waals surface area contributed by atoms with Gasteiger partial charge in [-0.25, -0.2) is 0 Å². The van der Waals surface area contributed by atoms with E-state index < -0.39 is 0 Å². The van der Waals surface area contributed by atoms with E-state index in [1.54, 1.807) is 23.9 Å². The highest BCUT2D eigenvalue weighted by molar-refractivity contribution is 5.92. The zero-order valence-corrected chi connectivity index (χ0v) is 21.4. The monoisotopic (exact) mass is 490 g/mol. The molecule has 36 heavy (non-hydrogen) atoms. The third-order valence-corrected chi connectivity index (χ3v) is 4.93. The second kappa shape index (κ2) is 14.1. The van der Waals surface area contributed by atoms with Gasteiger partial charge in [-0.3, -0.25) is 19.6 Å². The molecule has 0 saturated carbocycles. The Hall–Kier alpha value is -4.34. The molecule has 2 amide bonds. The minimum atomic E-state index is -0.163. The summed E-state index contributed by atoms with van der Waals surface area (Å²) >= 11 is 0. The molecule has 2 N–H and O–H groups in total. The number of nitrogens with one attached hydrogen (secondary N) is 2. The van der Waals surface area contributed by atoms with Crippen LogP contribution in [0.4, 0.5) is 11.4 Å². The Morgan fingerprint density at radius 2 is 1.03 bits per heavy atom. The summed E-state index contributed by atoms with van der Waals surface area (Å²) < 4.78 is 0. The molecule has 0 spiro atoms. The first kappa shape index (κ1) is 27.9. The van der Waals surface area contributed by atoms with Crippen molar-refractivity contribution in [3.8, 4) is 0 Å². The Kier molecular flexibility index (Phi) is 11.0. The zero-order chi connectivity index (χ0) is 26.5. The summed E-state index contributed by atoms with van der Waals surface area (Å²) in [5, 5.41) is 25.9. The highest BCUT2D eigenvalue weighted by Crippen LogP contribution is 2.15. The van der Waals surface area contributed by atoms with Gasteiger partial charge in [-0.15, -0.1) is 10.2 Å². The quantitative estimate of drug-likeness (QED) is 0.242. The van der Waals surface area contributed by atoms with Gasteiger partial charge in [0.2, 0.25) is 11.8 Å². The molecule has 0 aromatic heterocycles. The molecule has 0 aliphatic carbocycles. The van der Waals surface area contributed by atoms with E-state index in [2.05, 4.69) is 44.5 Å². The van der Waals surface area contributed by atoms with Gasteiger partial charge in [0.25, 0.3) is 0 Å². The van der Waals surface area contributed by atoms with Crippen LogP contribution >= 0.6 is 0 Å². The van der Waals surface area contributed by atoms with Gasteiger partial charge in [-0.1, -0.05) is 47.9 Å². The van der Waals surface area contributed by atoms with Crippen LogP contribution < -0.4 is 10.6 Å². The van der Waals surface area contributed by atoms with E-state index >= 15 is 0 Å². The lowest BCUT2D eigenvalue weighted by molar-refractivity contribution is -0.118. The van der Waals surface area contributed by atoms with Gasteiger partial charge >= 0.3 is 0 Å². The van der Waals surface area contributed by atoms with Gasteiger partial charge in [-0.2, -0.15) is 0 Å². The number of hydrogen-bond acceptors (Lipinski definition) is 6. The van der Waals surface area contributed by atoms with Crippen molar-refractivity contribution in [2.45, 2.75) is 26.9 Å². The molecule has 0 saturated heterocycles. The average molecular weight is 491 g/mol. The maximum Gasteiger partial charge on any atom is 0.246 e. The lowest BCUT2D eigenvalue weighted by Crippen LogP contribution is -2.24. The van der Waals surface area contributed by atoms with E-state index in [0.717, 1.165) is 11.1 Å². The smallest absolute Gasteiger partial charge is 0.246 e. The van der Waals surface area contributed by atoms with Crippen molar-refractivity contribution in [1.82, 2.24) is 20.7 Å². The second-order valence-corrected chi connectivity index (χ2v) is 8.40. The predicted octanol–water partition coefficient (Wildman–Crippen LogP) is 4.63. The summed E-state index contributed by atoms with van der Waals surface area (Å²) in [6.07, 6.45) is 0. The van der Waals surface area contributed by atoms with E-state index in [-0.39, 0.29) is 11.8 Å². The van der Waals surface area contributed by atoms with Crippen LogP contribution in [0.25, 0.3) is 0 Å². The molecule has 0 heterocycles. The number of benzene rings is 2. The molecule has 0 aliphatic heterocycles. The van der Waals surface area contributed by atoms with E-state index in [9.17, 15) is 9.59 Å². The average Bonchev–Trinajstić information content (AvgIpc) is 2.87. The predicted molar refractivity (Wildman–Crippen MR) is 140 cm³/mol. The minimum absolute atomic E-state index is 0.163. The fourth-order valence-electron chi connectivity index (χ4n) is 2.66. The molecule has 0 unspecified atom stereocenters. The Balaban J connectivity index is 1.74. The Morgan fingerprint density at radius 3 is 1.33 bits per heavy atom. The van der Waals surface area contributed by atoms with E-state index in [1.807, 2.05) is 62.6 Å². The fourth-order valence-corrected chi connectivity index (χ4v) is 2.66. The van der Waals surface area contributed by atoms with E-state index in [4.69, 9.17) is 0 Å². The highest BCUT2D eigenvalue weighted by atomic mass is 16.2. The minimum Gasteiger partial charge on any atom is -0.348 e. The van der Waals surface area contributed by atoms with Gasteiger partial charge in [0.1, 0.15) is 0 Å². The van der Waals surface area contributed by atoms with Gasteiger partial charge in [0.05, 0.1) is 24.5 Å². The van der Waals surface area contributed by atoms with Gasteiger partial charge < -0.3 is 10.6 Å². The van der Waals surface area contributed by atoms with E-state index in [1.165, 1.54) is 0 Å². The van der Waals surface area contributed by atoms with Crippen molar-refractivity contribution in [3.05, 3.63) is 84.0 Å². The third kappa shape index (κ3) is 10.3. The maximum absolute atomic E-state index is 11.6. The largest absolute Gasteiger partial charge is 0.348 e. The van der Waals surface area contributed by atoms with E-state index in [0.29, 0.717) is 48.7 Å². The number of nitrogens with zero attached hydrogens (tertiary/aromatic N) is 6. The number of hydrogen-bond donors (Lipinski definition) is 2. The number of carbonyl (C=O) groups excluding carboxylic acids is 2. The van der Waals surface area contributed by atoms with Crippen LogP contribution in [0.3, 0.4) is 0 Å². The Bertz CT molecular complexity index is 1020. The molecule has 0 aliphatic rings. The standard InChI is InChI=1S/C26H34N8O2/c1-19(2)25(35)27-17-21-7-11-23(12-8-21)29-31-33(5)15-16-34(6)32-30-24-13-9-22(10-14-24)18-28-26(36)20(3)4/h7-14H,1,3,15-18H2,2,4-6H3,(H,27,35)(H,28,36). The third-order valence-electron chi connectivity index (χ3n) is 4.93. The Morgan fingerprint density at radius 1 is 0.694 bits per heavy atom. The Labute approximate surface area is 212 Å². The van der Waals surface area contributed by atoms with Crippen LogP contribution in [0.15, 0.2) is 93.5 Å². The molecule has 10 heteroatoms. The zero-order valence-electron chi connectivity index (χ0n) is 21.4. The molecular weight excluding hydrogens is 456 g/mol. The molecule has 2 aromatic carbocycles. The number of likely N-dealkylation sites (N-methyl/N-ethyl adjacent to an activating group) is 2. The van der Waals surface area contributed by atoms with Crippen LogP contribution in [0, 0.1) is 0 Å². The summed E-state index contributed by atoms with van der Waals surface area (Å²) in [6.45, 7) is 12.7. The molecule has 0 bridgehead atoms. The number of amides is 2.